The molecule has 246 valence electrons. The predicted octanol–water partition coefficient (Wildman–Crippen LogP) is 2.47. The molecule has 1 aliphatic heterocycles. The van der Waals surface area contributed by atoms with Crippen LogP contribution in [0.1, 0.15) is 37.1 Å². The lowest BCUT2D eigenvalue weighted by atomic mass is 9.93. The van der Waals surface area contributed by atoms with Gasteiger partial charge in [0, 0.05) is 44.3 Å². The van der Waals surface area contributed by atoms with Gasteiger partial charge >= 0.3 is 5.95 Å². The van der Waals surface area contributed by atoms with E-state index in [4.69, 9.17) is 14.5 Å². The second-order valence-electron chi connectivity index (χ2n) is 11.5. The van der Waals surface area contributed by atoms with Crippen LogP contribution < -0.4 is 19.3 Å². The molecule has 6 rings (SSSR count). The molecule has 2 fully saturated rings. The lowest BCUT2D eigenvalue weighted by Crippen LogP contribution is -2.37. The minimum absolute atomic E-state index is 0.0488. The van der Waals surface area contributed by atoms with Crippen LogP contribution in [0.15, 0.2) is 36.9 Å². The number of sulfonamides is 1. The van der Waals surface area contributed by atoms with E-state index in [-0.39, 0.29) is 30.3 Å². The Morgan fingerprint density at radius 3 is 2.57 bits per heavy atom. The first-order chi connectivity index (χ1) is 22.6. The number of rotatable bonds is 10. The van der Waals surface area contributed by atoms with E-state index < -0.39 is 10.0 Å². The summed E-state index contributed by atoms with van der Waals surface area (Å²) in [4.78, 5) is 24.1. The summed E-state index contributed by atoms with van der Waals surface area (Å²) < 4.78 is 41.3. The molecule has 4 aromatic rings. The number of fused-ring (bicyclic) bond motifs is 1. The second kappa shape index (κ2) is 13.3. The number of pyridine rings is 2. The van der Waals surface area contributed by atoms with Crippen LogP contribution in [0, 0.1) is 16.5 Å². The number of aromatic nitrogens is 6. The summed E-state index contributed by atoms with van der Waals surface area (Å²) in [5, 5.41) is 25.1. The van der Waals surface area contributed by atoms with Crippen molar-refractivity contribution in [1.29, 1.82) is 5.26 Å². The molecular formula is C30H35N11O5S. The number of morpholine rings is 1. The van der Waals surface area contributed by atoms with Gasteiger partial charge in [-0.2, -0.15) is 10.2 Å². The van der Waals surface area contributed by atoms with Crippen molar-refractivity contribution in [2.75, 3.05) is 47.1 Å². The number of nitrogens with one attached hydrogen (secondary N) is 1. The Morgan fingerprint density at radius 2 is 1.89 bits per heavy atom. The molecule has 16 nitrogen and oxygen atoms in total. The zero-order valence-electron chi connectivity index (χ0n) is 26.1. The molecular weight excluding hydrogens is 626 g/mol. The summed E-state index contributed by atoms with van der Waals surface area (Å²) in [6.07, 6.45) is 9.96. The SMILES string of the molecule is C=[N+]([O-])c1ncc(CN(c2cnc3cc(N4CCOCC4)nc(O[C@H]4CC[C@@H](Nc5nccnc5C#N)CC4)c3c2)S(C)(=O)=O)n1C. The summed E-state index contributed by atoms with van der Waals surface area (Å²) in [5.74, 6) is 1.59. The fraction of sp³-hybridized carbons (Fsp3) is 0.433. The summed E-state index contributed by atoms with van der Waals surface area (Å²) in [6, 6.07) is 5.77. The molecule has 0 amide bonds. The van der Waals surface area contributed by atoms with Crippen LogP contribution in [0.25, 0.3) is 10.9 Å². The minimum atomic E-state index is -3.79. The quantitative estimate of drug-likeness (QED) is 0.113. The first-order valence-corrected chi connectivity index (χ1v) is 17.0. The average molecular weight is 662 g/mol. The van der Waals surface area contributed by atoms with E-state index >= 15 is 0 Å². The Morgan fingerprint density at radius 1 is 1.15 bits per heavy atom. The van der Waals surface area contributed by atoms with Crippen molar-refractivity contribution in [2.24, 2.45) is 7.05 Å². The van der Waals surface area contributed by atoms with Crippen LogP contribution in [-0.2, 0) is 28.4 Å². The highest BCUT2D eigenvalue weighted by atomic mass is 32.2. The van der Waals surface area contributed by atoms with Crippen molar-refractivity contribution in [2.45, 2.75) is 44.4 Å². The van der Waals surface area contributed by atoms with Gasteiger partial charge in [-0.25, -0.2) is 23.0 Å². The minimum Gasteiger partial charge on any atom is -0.741 e. The van der Waals surface area contributed by atoms with E-state index in [1.54, 1.807) is 19.3 Å². The first kappa shape index (κ1) is 31.9. The molecule has 0 spiro atoms. The molecule has 1 saturated carbocycles. The van der Waals surface area contributed by atoms with Gasteiger partial charge in [-0.05, 0) is 31.7 Å². The van der Waals surface area contributed by atoms with E-state index in [9.17, 15) is 18.9 Å². The van der Waals surface area contributed by atoms with E-state index in [2.05, 4.69) is 42.9 Å². The molecule has 0 aromatic carbocycles. The average Bonchev–Trinajstić information content (AvgIpc) is 3.44. The first-order valence-electron chi connectivity index (χ1n) is 15.1. The van der Waals surface area contributed by atoms with E-state index in [1.165, 1.54) is 27.5 Å². The Balaban J connectivity index is 1.29. The van der Waals surface area contributed by atoms with E-state index in [1.807, 2.05) is 6.07 Å². The molecule has 17 heteroatoms. The van der Waals surface area contributed by atoms with Gasteiger partial charge in [0.05, 0.1) is 55.8 Å². The van der Waals surface area contributed by atoms with Gasteiger partial charge in [0.2, 0.25) is 15.9 Å². The van der Waals surface area contributed by atoms with Gasteiger partial charge < -0.3 is 24.9 Å². The van der Waals surface area contributed by atoms with Crippen molar-refractivity contribution in [3.8, 4) is 11.9 Å². The maximum Gasteiger partial charge on any atom is 0.398 e. The maximum atomic E-state index is 13.1. The summed E-state index contributed by atoms with van der Waals surface area (Å²) >= 11 is 0. The highest BCUT2D eigenvalue weighted by Gasteiger charge is 2.28. The van der Waals surface area contributed by atoms with Gasteiger partial charge in [0.1, 0.15) is 29.9 Å². The third kappa shape index (κ3) is 7.03. The van der Waals surface area contributed by atoms with Crippen LogP contribution in [-0.4, -0.2) is 94.1 Å². The van der Waals surface area contributed by atoms with Crippen molar-refractivity contribution in [3.05, 3.63) is 53.5 Å². The fourth-order valence-corrected chi connectivity index (χ4v) is 6.66. The van der Waals surface area contributed by atoms with Crippen LogP contribution >= 0.6 is 0 Å². The Hall–Kier alpha value is -5.08. The van der Waals surface area contributed by atoms with Crippen molar-refractivity contribution < 1.29 is 22.6 Å². The number of nitriles is 1. The normalized spacial score (nSPS) is 18.4. The second-order valence-corrected chi connectivity index (χ2v) is 13.4. The third-order valence-corrected chi connectivity index (χ3v) is 9.47. The Bertz CT molecular complexity index is 1930. The molecule has 0 bridgehead atoms. The molecule has 1 saturated heterocycles. The third-order valence-electron chi connectivity index (χ3n) is 8.33. The number of nitrogens with zero attached hydrogens (tertiary/aromatic N) is 10. The van der Waals surface area contributed by atoms with Gasteiger partial charge in [0.15, 0.2) is 11.5 Å². The monoisotopic (exact) mass is 661 g/mol. The molecule has 4 aromatic heterocycles. The summed E-state index contributed by atoms with van der Waals surface area (Å²) in [7, 11) is -2.17. The molecule has 0 unspecified atom stereocenters. The smallest absolute Gasteiger partial charge is 0.398 e. The number of hydrogen-bond donors (Lipinski definition) is 1. The number of imidazole rings is 1. The molecule has 5 heterocycles. The van der Waals surface area contributed by atoms with Gasteiger partial charge in [-0.1, -0.05) is 4.98 Å². The van der Waals surface area contributed by atoms with Crippen LogP contribution in [0.4, 0.5) is 23.3 Å². The zero-order valence-corrected chi connectivity index (χ0v) is 26.9. The molecule has 47 heavy (non-hydrogen) atoms. The number of hydrogen-bond acceptors (Lipinski definition) is 13. The van der Waals surface area contributed by atoms with Gasteiger partial charge in [-0.15, -0.1) is 0 Å². The highest BCUT2D eigenvalue weighted by Crippen LogP contribution is 2.34. The number of ether oxygens (including phenoxy) is 2. The molecule has 0 radical (unpaired) electrons. The fourth-order valence-electron chi connectivity index (χ4n) is 5.81. The Kier molecular flexibility index (Phi) is 9.05. The lowest BCUT2D eigenvalue weighted by Gasteiger charge is -2.31. The molecule has 2 aliphatic rings. The van der Waals surface area contributed by atoms with E-state index in [0.717, 1.165) is 31.9 Å². The zero-order chi connectivity index (χ0) is 33.1. The van der Waals surface area contributed by atoms with E-state index in [0.29, 0.717) is 70.8 Å². The maximum absolute atomic E-state index is 13.1. The molecule has 1 N–H and O–H groups in total. The highest BCUT2D eigenvalue weighted by molar-refractivity contribution is 7.92. The summed E-state index contributed by atoms with van der Waals surface area (Å²) in [5.41, 5.74) is 1.66. The van der Waals surface area contributed by atoms with Crippen LogP contribution in [0.3, 0.4) is 0 Å². The van der Waals surface area contributed by atoms with Gasteiger partial charge in [0.25, 0.3) is 0 Å². The topological polar surface area (TPSA) is 190 Å². The number of anilines is 3. The summed E-state index contributed by atoms with van der Waals surface area (Å²) in [6.45, 7) is 5.74. The van der Waals surface area contributed by atoms with Crippen molar-refractivity contribution in [1.82, 2.24) is 29.5 Å². The Labute approximate surface area is 272 Å². The van der Waals surface area contributed by atoms with Gasteiger partial charge in [-0.3, -0.25) is 14.0 Å². The van der Waals surface area contributed by atoms with Crippen molar-refractivity contribution in [3.63, 3.8) is 0 Å². The largest absolute Gasteiger partial charge is 0.741 e. The standard InChI is InChI=1S/C30H35N11O5S/c1-38-22(18-35-30(38)39(2)42)19-41(47(3,43)44)21-14-24-25(34-17-21)15-27(40-10-12-45-13-11-40)37-29(24)46-23-6-4-20(5-7-23)36-28-26(16-31)32-8-9-33-28/h8-9,14-15,17-18,20,23H,2,4-7,10-13,19H2,1,3H3,(H,33,36)/t20-,23+. The predicted molar refractivity (Wildman–Crippen MR) is 174 cm³/mol. The molecule has 1 aliphatic carbocycles. The van der Waals surface area contributed by atoms with Crippen LogP contribution in [0.5, 0.6) is 5.88 Å². The van der Waals surface area contributed by atoms with Crippen molar-refractivity contribution >= 4 is 50.9 Å². The van der Waals surface area contributed by atoms with Crippen LogP contribution in [0.2, 0.25) is 0 Å². The lowest BCUT2D eigenvalue weighted by molar-refractivity contribution is -0.362. The molecule has 0 atom stereocenters.